The highest BCUT2D eigenvalue weighted by Crippen LogP contribution is 2.49. The largest absolute Gasteiger partial charge is 0.495 e. The number of nitrogen functional groups attached to an aromatic ring is 1. The molecule has 3 N–H and O–H groups in total. The van der Waals surface area contributed by atoms with Crippen LogP contribution >= 0.6 is 11.6 Å². The highest BCUT2D eigenvalue weighted by molar-refractivity contribution is 6.34. The van der Waals surface area contributed by atoms with Gasteiger partial charge >= 0.3 is 11.9 Å². The molecule has 2 saturated heterocycles. The summed E-state index contributed by atoms with van der Waals surface area (Å²) in [6.07, 6.45) is 2.03. The van der Waals surface area contributed by atoms with E-state index in [-0.39, 0.29) is 30.5 Å². The number of methoxy groups -OCH3 is 2. The van der Waals surface area contributed by atoms with E-state index < -0.39 is 71.3 Å². The van der Waals surface area contributed by atoms with Crippen molar-refractivity contribution in [2.75, 3.05) is 38.9 Å². The molecular formula is C41H52ClN3O10. The Morgan fingerprint density at radius 1 is 1.16 bits per heavy atom. The third-order valence-electron chi connectivity index (χ3n) is 11.2. The van der Waals surface area contributed by atoms with E-state index in [4.69, 9.17) is 41.0 Å². The number of aliphatic hydroxyl groups is 1. The molecule has 3 aliphatic rings. The molecule has 13 nitrogen and oxygen atoms in total. The van der Waals surface area contributed by atoms with Gasteiger partial charge in [-0.2, -0.15) is 0 Å². The molecule has 298 valence electrons. The zero-order chi connectivity index (χ0) is 40.6. The minimum Gasteiger partial charge on any atom is -0.495 e. The Balaban J connectivity index is 1.50. The summed E-state index contributed by atoms with van der Waals surface area (Å²) in [4.78, 5) is 57.2. The van der Waals surface area contributed by atoms with Crippen molar-refractivity contribution in [3.05, 3.63) is 75.8 Å². The average Bonchev–Trinajstić information content (AvgIpc) is 3.83. The summed E-state index contributed by atoms with van der Waals surface area (Å²) >= 11 is 6.79. The molecule has 5 rings (SSSR count). The number of aryl methyl sites for hydroxylation is 1. The number of likely N-dealkylation sites (N-methyl/N-ethyl adjacent to an activating group) is 1. The lowest BCUT2D eigenvalue weighted by Crippen LogP contribution is -2.53. The Labute approximate surface area is 327 Å². The fourth-order valence-electron chi connectivity index (χ4n) is 7.54. The highest BCUT2D eigenvalue weighted by atomic mass is 35.5. The van der Waals surface area contributed by atoms with E-state index in [1.54, 1.807) is 38.3 Å². The molecule has 8 atom stereocenters. The lowest BCUT2D eigenvalue weighted by Gasteiger charge is -2.41. The van der Waals surface area contributed by atoms with E-state index in [1.165, 1.54) is 44.1 Å². The van der Waals surface area contributed by atoms with Crippen molar-refractivity contribution in [1.82, 2.24) is 4.90 Å². The lowest BCUT2D eigenvalue weighted by atomic mass is 9.78. The molecule has 4 bridgehead atoms. The number of carbonyl (C=O) groups is 4. The molecule has 2 fully saturated rings. The first-order valence-corrected chi connectivity index (χ1v) is 18.6. The summed E-state index contributed by atoms with van der Waals surface area (Å²) in [7, 11) is 6.02. The second-order valence-corrected chi connectivity index (χ2v) is 15.6. The SMILES string of the molecule is COc1ccc(C(=O)N(C)[C@@H](C)C(=O)O[C@H]2CC(=O)N(C)c3cc(cc(C)c3Cl)C/C(C)=C/C=C/[C@@H](OC)[C@]3(O)CC(=O)O[C@@H](C3)[C@@H](C)[C@@H]3O[C@@]23C)cc1N. The molecule has 0 unspecified atom stereocenters. The van der Waals surface area contributed by atoms with Gasteiger partial charge in [0.15, 0.2) is 0 Å². The van der Waals surface area contributed by atoms with Crippen LogP contribution in [-0.2, 0) is 39.8 Å². The fraction of sp³-hybridized carbons (Fsp3) is 0.512. The van der Waals surface area contributed by atoms with Crippen LogP contribution in [0.2, 0.25) is 5.02 Å². The maximum absolute atomic E-state index is 14.2. The molecule has 3 heterocycles. The average molecular weight is 782 g/mol. The van der Waals surface area contributed by atoms with E-state index in [0.29, 0.717) is 22.9 Å². The quantitative estimate of drug-likeness (QED) is 0.231. The van der Waals surface area contributed by atoms with Crippen molar-refractivity contribution in [3.8, 4) is 5.75 Å². The predicted octanol–water partition coefficient (Wildman–Crippen LogP) is 4.97. The molecule has 2 aromatic rings. The number of nitrogens with two attached hydrogens (primary N) is 1. The van der Waals surface area contributed by atoms with Crippen LogP contribution in [0.3, 0.4) is 0 Å². The Morgan fingerprint density at radius 3 is 2.53 bits per heavy atom. The second kappa shape index (κ2) is 16.4. The fourth-order valence-corrected chi connectivity index (χ4v) is 7.78. The van der Waals surface area contributed by atoms with Crippen LogP contribution < -0.4 is 15.4 Å². The normalized spacial score (nSPS) is 30.6. The zero-order valence-corrected chi connectivity index (χ0v) is 33.6. The molecule has 0 spiro atoms. The number of carbonyl (C=O) groups excluding carboxylic acids is 4. The van der Waals surface area contributed by atoms with Gasteiger partial charge in [0.2, 0.25) is 5.91 Å². The number of rotatable bonds is 6. The van der Waals surface area contributed by atoms with Crippen LogP contribution in [0.4, 0.5) is 11.4 Å². The molecule has 0 aromatic heterocycles. The van der Waals surface area contributed by atoms with Crippen LogP contribution in [0.1, 0.15) is 68.4 Å². The molecule has 0 radical (unpaired) electrons. The number of epoxide rings is 1. The number of amides is 2. The third kappa shape index (κ3) is 8.70. The summed E-state index contributed by atoms with van der Waals surface area (Å²) in [5, 5.41) is 12.3. The minimum atomic E-state index is -1.58. The van der Waals surface area contributed by atoms with E-state index >= 15 is 0 Å². The minimum absolute atomic E-state index is 0.0525. The van der Waals surface area contributed by atoms with Crippen LogP contribution in [0.15, 0.2) is 54.1 Å². The summed E-state index contributed by atoms with van der Waals surface area (Å²) < 4.78 is 29.1. The van der Waals surface area contributed by atoms with Gasteiger partial charge in [-0.3, -0.25) is 14.4 Å². The second-order valence-electron chi connectivity index (χ2n) is 15.2. The molecule has 2 amide bonds. The molecular weight excluding hydrogens is 730 g/mol. The maximum Gasteiger partial charge on any atom is 0.328 e. The maximum atomic E-state index is 14.2. The van der Waals surface area contributed by atoms with Gasteiger partial charge in [-0.25, -0.2) is 4.79 Å². The number of hydrogen-bond acceptors (Lipinski definition) is 11. The van der Waals surface area contributed by atoms with Gasteiger partial charge in [0.1, 0.15) is 41.3 Å². The van der Waals surface area contributed by atoms with Crippen molar-refractivity contribution in [3.63, 3.8) is 0 Å². The number of benzene rings is 2. The van der Waals surface area contributed by atoms with Crippen LogP contribution in [0.5, 0.6) is 5.75 Å². The molecule has 0 aliphatic carbocycles. The van der Waals surface area contributed by atoms with E-state index in [9.17, 15) is 24.3 Å². The molecule has 2 aromatic carbocycles. The van der Waals surface area contributed by atoms with Gasteiger partial charge in [-0.05, 0) is 69.5 Å². The number of esters is 2. The van der Waals surface area contributed by atoms with E-state index in [0.717, 1.165) is 16.7 Å². The zero-order valence-electron chi connectivity index (χ0n) is 32.9. The van der Waals surface area contributed by atoms with Crippen molar-refractivity contribution in [2.45, 2.75) is 102 Å². The molecule has 55 heavy (non-hydrogen) atoms. The first-order valence-electron chi connectivity index (χ1n) is 18.3. The lowest BCUT2D eigenvalue weighted by molar-refractivity contribution is -0.187. The van der Waals surface area contributed by atoms with Crippen molar-refractivity contribution >= 4 is 46.7 Å². The summed E-state index contributed by atoms with van der Waals surface area (Å²) in [5.74, 6) is -2.35. The number of allylic oxidation sites excluding steroid dienone is 3. The van der Waals surface area contributed by atoms with E-state index in [1.807, 2.05) is 39.0 Å². The number of hydrogen-bond donors (Lipinski definition) is 2. The highest BCUT2D eigenvalue weighted by Gasteiger charge is 2.64. The Bertz CT molecular complexity index is 1900. The van der Waals surface area contributed by atoms with Gasteiger partial charge in [0.05, 0.1) is 42.5 Å². The summed E-state index contributed by atoms with van der Waals surface area (Å²) in [5.41, 5.74) is 6.89. The molecule has 14 heteroatoms. The third-order valence-corrected chi connectivity index (χ3v) is 11.7. The van der Waals surface area contributed by atoms with Gasteiger partial charge in [0.25, 0.3) is 5.91 Å². The number of anilines is 2. The number of ether oxygens (including phenoxy) is 5. The Kier molecular flexibility index (Phi) is 12.4. The summed E-state index contributed by atoms with van der Waals surface area (Å²) in [6, 6.07) is 7.30. The van der Waals surface area contributed by atoms with Crippen molar-refractivity contribution < 1.29 is 48.0 Å². The smallest absolute Gasteiger partial charge is 0.328 e. The first kappa shape index (κ1) is 41.7. The number of nitrogens with zero attached hydrogens (tertiary/aromatic N) is 2. The molecule has 3 aliphatic heterocycles. The van der Waals surface area contributed by atoms with Crippen LogP contribution in [0.25, 0.3) is 0 Å². The van der Waals surface area contributed by atoms with Crippen LogP contribution in [0, 0.1) is 12.8 Å². The van der Waals surface area contributed by atoms with Gasteiger partial charge in [-0.1, -0.05) is 48.4 Å². The standard InChI is InChI=1S/C41H52ClN3O10/c1-22-11-10-12-32(52-9)41(50)20-31(53-35(47)21-41)24(3)37-40(5,55-37)33(19-34(46)45(7)29-17-26(15-22)16-23(2)36(29)42)54-39(49)25(4)44(6)38(48)27-13-14-30(51-8)28(43)18-27/h10-14,16-18,24-25,31-33,37,50H,15,19-21,43H2,1-9H3/b12-10+,22-11+/t24-,25+,31+,32-,33+,37+,40+,41-/m1/s1. The number of halogens is 1. The molecule has 0 saturated carbocycles. The van der Waals surface area contributed by atoms with Crippen molar-refractivity contribution in [1.29, 1.82) is 0 Å². The van der Waals surface area contributed by atoms with Gasteiger partial charge in [-0.15, -0.1) is 0 Å². The van der Waals surface area contributed by atoms with Crippen molar-refractivity contribution in [2.24, 2.45) is 5.92 Å². The monoisotopic (exact) mass is 781 g/mol. The summed E-state index contributed by atoms with van der Waals surface area (Å²) in [6.45, 7) is 8.90. The predicted molar refractivity (Wildman–Crippen MR) is 207 cm³/mol. The Morgan fingerprint density at radius 2 is 1.87 bits per heavy atom. The van der Waals surface area contributed by atoms with Crippen LogP contribution in [-0.4, -0.2) is 104 Å². The first-order chi connectivity index (χ1) is 25.8. The number of fused-ring (bicyclic) bond motifs is 5. The van der Waals surface area contributed by atoms with E-state index in [2.05, 4.69) is 0 Å². The Hall–Kier alpha value is -4.43. The van der Waals surface area contributed by atoms with Gasteiger partial charge < -0.3 is 44.3 Å². The topological polar surface area (TPSA) is 170 Å². The van der Waals surface area contributed by atoms with Gasteiger partial charge in [0, 0.05) is 39.1 Å².